The molecule has 34 heavy (non-hydrogen) atoms. The molecule has 0 heterocycles. The number of carbonyl (C=O) groups excluding carboxylic acids is 2. The molecule has 0 spiro atoms. The Balaban J connectivity index is 1.88. The third kappa shape index (κ3) is 6.91. The molecular formula is C28H31FN2O3. The Bertz CT molecular complexity index is 1070. The molecule has 3 rings (SSSR count). The molecule has 2 amide bonds. The molecule has 178 valence electrons. The highest BCUT2D eigenvalue weighted by atomic mass is 19.1. The van der Waals surface area contributed by atoms with Crippen LogP contribution in [0.25, 0.3) is 0 Å². The van der Waals surface area contributed by atoms with Gasteiger partial charge >= 0.3 is 0 Å². The first-order valence-corrected chi connectivity index (χ1v) is 11.5. The molecular weight excluding hydrogens is 431 g/mol. The van der Waals surface area contributed by atoms with Crippen LogP contribution < -0.4 is 10.1 Å². The fourth-order valence-electron chi connectivity index (χ4n) is 3.85. The lowest BCUT2D eigenvalue weighted by atomic mass is 10.0. The fourth-order valence-corrected chi connectivity index (χ4v) is 3.85. The van der Waals surface area contributed by atoms with Crippen LogP contribution in [0.15, 0.2) is 78.9 Å². The Hall–Kier alpha value is -3.67. The molecule has 1 atom stereocenters. The van der Waals surface area contributed by atoms with Crippen molar-refractivity contribution in [3.8, 4) is 5.75 Å². The van der Waals surface area contributed by atoms with Gasteiger partial charge in [0.25, 0.3) is 0 Å². The van der Waals surface area contributed by atoms with Crippen molar-refractivity contribution in [2.24, 2.45) is 0 Å². The van der Waals surface area contributed by atoms with Gasteiger partial charge < -0.3 is 15.0 Å². The SMILES string of the molecule is CCCC(=O)N(Cc1ccc(F)cc1)C(Cc1ccccc1)C(=O)NCc1ccccc1OC. The number of benzene rings is 3. The van der Waals surface area contributed by atoms with Gasteiger partial charge in [-0.1, -0.05) is 67.6 Å². The van der Waals surface area contributed by atoms with E-state index in [0.717, 1.165) is 16.7 Å². The Labute approximate surface area is 200 Å². The predicted molar refractivity (Wildman–Crippen MR) is 131 cm³/mol. The molecule has 0 radical (unpaired) electrons. The molecule has 0 aliphatic heterocycles. The second-order valence-corrected chi connectivity index (χ2v) is 8.13. The highest BCUT2D eigenvalue weighted by Gasteiger charge is 2.30. The summed E-state index contributed by atoms with van der Waals surface area (Å²) in [6, 6.07) is 22.4. The summed E-state index contributed by atoms with van der Waals surface area (Å²) in [7, 11) is 1.59. The summed E-state index contributed by atoms with van der Waals surface area (Å²) in [5.41, 5.74) is 2.57. The minimum atomic E-state index is -0.721. The molecule has 5 nitrogen and oxygen atoms in total. The Morgan fingerprint density at radius 2 is 1.62 bits per heavy atom. The van der Waals surface area contributed by atoms with E-state index in [1.807, 2.05) is 61.5 Å². The lowest BCUT2D eigenvalue weighted by molar-refractivity contribution is -0.141. The number of nitrogens with zero attached hydrogens (tertiary/aromatic N) is 1. The van der Waals surface area contributed by atoms with Gasteiger partial charge in [0.15, 0.2) is 0 Å². The molecule has 0 aromatic heterocycles. The average molecular weight is 463 g/mol. The van der Waals surface area contributed by atoms with Gasteiger partial charge in [-0.25, -0.2) is 4.39 Å². The molecule has 0 saturated carbocycles. The number of amides is 2. The molecule has 0 fully saturated rings. The number of carbonyl (C=O) groups is 2. The van der Waals surface area contributed by atoms with E-state index >= 15 is 0 Å². The first-order chi connectivity index (χ1) is 16.5. The van der Waals surface area contributed by atoms with E-state index in [9.17, 15) is 14.0 Å². The summed E-state index contributed by atoms with van der Waals surface area (Å²) in [6.07, 6.45) is 1.36. The predicted octanol–water partition coefficient (Wildman–Crippen LogP) is 4.89. The Morgan fingerprint density at radius 1 is 0.941 bits per heavy atom. The maximum Gasteiger partial charge on any atom is 0.243 e. The monoisotopic (exact) mass is 462 g/mol. The van der Waals surface area contributed by atoms with Crippen LogP contribution in [0, 0.1) is 5.82 Å². The zero-order valence-corrected chi connectivity index (χ0v) is 19.7. The van der Waals surface area contributed by atoms with Crippen LogP contribution in [0.1, 0.15) is 36.5 Å². The van der Waals surface area contributed by atoms with Gasteiger partial charge in [-0.2, -0.15) is 0 Å². The van der Waals surface area contributed by atoms with Crippen LogP contribution in [-0.4, -0.2) is 29.9 Å². The van der Waals surface area contributed by atoms with Crippen molar-refractivity contribution in [3.05, 3.63) is 101 Å². The van der Waals surface area contributed by atoms with Gasteiger partial charge in [0.2, 0.25) is 11.8 Å². The van der Waals surface area contributed by atoms with E-state index in [0.29, 0.717) is 25.0 Å². The van der Waals surface area contributed by atoms with Crippen molar-refractivity contribution in [2.75, 3.05) is 7.11 Å². The molecule has 1 unspecified atom stereocenters. The molecule has 0 saturated heterocycles. The summed E-state index contributed by atoms with van der Waals surface area (Å²) in [5.74, 6) is -0.0141. The third-order valence-corrected chi connectivity index (χ3v) is 5.65. The zero-order valence-electron chi connectivity index (χ0n) is 19.7. The van der Waals surface area contributed by atoms with Crippen LogP contribution in [0.2, 0.25) is 0 Å². The summed E-state index contributed by atoms with van der Waals surface area (Å²) in [5, 5.41) is 2.99. The lowest BCUT2D eigenvalue weighted by Gasteiger charge is -2.31. The standard InChI is InChI=1S/C28H31FN2O3/c1-3-9-27(32)31(20-22-14-16-24(29)17-15-22)25(18-21-10-5-4-6-11-21)28(33)30-19-23-12-7-8-13-26(23)34-2/h4-8,10-17,25H,3,9,18-20H2,1-2H3,(H,30,33). The summed E-state index contributed by atoms with van der Waals surface area (Å²) in [6.45, 7) is 2.43. The highest BCUT2D eigenvalue weighted by molar-refractivity contribution is 5.88. The Morgan fingerprint density at radius 3 is 2.29 bits per heavy atom. The minimum absolute atomic E-state index is 0.111. The quantitative estimate of drug-likeness (QED) is 0.441. The maximum absolute atomic E-state index is 13.5. The van der Waals surface area contributed by atoms with Crippen molar-refractivity contribution in [2.45, 2.75) is 45.3 Å². The number of nitrogens with one attached hydrogen (secondary N) is 1. The topological polar surface area (TPSA) is 58.6 Å². The van der Waals surface area contributed by atoms with Crippen LogP contribution in [0.3, 0.4) is 0 Å². The maximum atomic E-state index is 13.5. The average Bonchev–Trinajstić information content (AvgIpc) is 2.86. The van der Waals surface area contributed by atoms with Crippen molar-refractivity contribution < 1.29 is 18.7 Å². The second kappa shape index (κ2) is 12.5. The number of methoxy groups -OCH3 is 1. The fraction of sp³-hybridized carbons (Fsp3) is 0.286. The number of rotatable bonds is 11. The van der Waals surface area contributed by atoms with Gasteiger partial charge in [0.1, 0.15) is 17.6 Å². The first-order valence-electron chi connectivity index (χ1n) is 11.5. The van der Waals surface area contributed by atoms with E-state index < -0.39 is 6.04 Å². The zero-order chi connectivity index (χ0) is 24.3. The van der Waals surface area contributed by atoms with Crippen molar-refractivity contribution >= 4 is 11.8 Å². The molecule has 6 heteroatoms. The molecule has 3 aromatic carbocycles. The smallest absolute Gasteiger partial charge is 0.243 e. The van der Waals surface area contributed by atoms with E-state index in [1.54, 1.807) is 24.1 Å². The minimum Gasteiger partial charge on any atom is -0.496 e. The van der Waals surface area contributed by atoms with Gasteiger partial charge in [0, 0.05) is 31.5 Å². The molecule has 1 N–H and O–H groups in total. The lowest BCUT2D eigenvalue weighted by Crippen LogP contribution is -2.50. The van der Waals surface area contributed by atoms with E-state index in [-0.39, 0.29) is 30.7 Å². The molecule has 0 aliphatic rings. The van der Waals surface area contributed by atoms with Gasteiger partial charge in [-0.15, -0.1) is 0 Å². The van der Waals surface area contributed by atoms with E-state index in [4.69, 9.17) is 4.74 Å². The van der Waals surface area contributed by atoms with Crippen LogP contribution in [0.4, 0.5) is 4.39 Å². The summed E-state index contributed by atoms with van der Waals surface area (Å²) >= 11 is 0. The second-order valence-electron chi connectivity index (χ2n) is 8.13. The van der Waals surface area contributed by atoms with Crippen LogP contribution >= 0.6 is 0 Å². The normalized spacial score (nSPS) is 11.5. The van der Waals surface area contributed by atoms with E-state index in [1.165, 1.54) is 12.1 Å². The summed E-state index contributed by atoms with van der Waals surface area (Å²) in [4.78, 5) is 28.3. The molecule has 3 aromatic rings. The Kier molecular flexibility index (Phi) is 9.21. The molecule has 0 bridgehead atoms. The van der Waals surface area contributed by atoms with Gasteiger partial charge in [0.05, 0.1) is 7.11 Å². The largest absolute Gasteiger partial charge is 0.496 e. The number of hydrogen-bond donors (Lipinski definition) is 1. The number of halogens is 1. The molecule has 0 aliphatic carbocycles. The highest BCUT2D eigenvalue weighted by Crippen LogP contribution is 2.19. The van der Waals surface area contributed by atoms with Crippen molar-refractivity contribution in [1.29, 1.82) is 0 Å². The third-order valence-electron chi connectivity index (χ3n) is 5.65. The van der Waals surface area contributed by atoms with E-state index in [2.05, 4.69) is 5.32 Å². The van der Waals surface area contributed by atoms with Gasteiger partial charge in [-0.05, 0) is 35.7 Å². The van der Waals surface area contributed by atoms with Crippen molar-refractivity contribution in [3.63, 3.8) is 0 Å². The number of ether oxygens (including phenoxy) is 1. The number of hydrogen-bond acceptors (Lipinski definition) is 3. The van der Waals surface area contributed by atoms with Crippen molar-refractivity contribution in [1.82, 2.24) is 10.2 Å². The van der Waals surface area contributed by atoms with Gasteiger partial charge in [-0.3, -0.25) is 9.59 Å². The first kappa shape index (κ1) is 25.0. The van der Waals surface area contributed by atoms with Crippen LogP contribution in [0.5, 0.6) is 5.75 Å². The summed E-state index contributed by atoms with van der Waals surface area (Å²) < 4.78 is 18.8. The van der Waals surface area contributed by atoms with Crippen LogP contribution in [-0.2, 0) is 29.1 Å². The number of para-hydroxylation sites is 1.